The third-order valence-electron chi connectivity index (χ3n) is 4.14. The number of hydrogen-bond acceptors (Lipinski definition) is 5. The van der Waals surface area contributed by atoms with E-state index >= 15 is 0 Å². The van der Waals surface area contributed by atoms with Crippen LogP contribution in [0.4, 0.5) is 0 Å². The summed E-state index contributed by atoms with van der Waals surface area (Å²) in [6, 6.07) is 1.12. The van der Waals surface area contributed by atoms with Gasteiger partial charge in [-0.25, -0.2) is 4.79 Å². The first-order chi connectivity index (χ1) is 10.7. The number of hydrogen-bond donors (Lipinski definition) is 2. The summed E-state index contributed by atoms with van der Waals surface area (Å²) in [5, 5.41) is 13.9. The molecule has 0 bridgehead atoms. The Kier molecular flexibility index (Phi) is 5.05. The van der Waals surface area contributed by atoms with Crippen LogP contribution in [0.5, 0.6) is 0 Å². The molecule has 0 aliphatic carbocycles. The second kappa shape index (κ2) is 7.02. The van der Waals surface area contributed by atoms with Gasteiger partial charge in [-0.2, -0.15) is 0 Å². The molecule has 1 aromatic heterocycles. The molecule has 1 fully saturated rings. The van der Waals surface area contributed by atoms with Crippen LogP contribution >= 0.6 is 23.1 Å². The molecule has 2 aliphatic rings. The van der Waals surface area contributed by atoms with Gasteiger partial charge in [0, 0.05) is 17.4 Å². The van der Waals surface area contributed by atoms with Gasteiger partial charge in [-0.05, 0) is 42.0 Å². The Balaban J connectivity index is 1.71. The number of nitrogens with one attached hydrogen (secondary N) is 1. The highest BCUT2D eigenvalue weighted by molar-refractivity contribution is 8.00. The number of aliphatic carboxylic acids is 1. The maximum atomic E-state index is 12.6. The van der Waals surface area contributed by atoms with E-state index in [0.29, 0.717) is 13.2 Å². The van der Waals surface area contributed by atoms with Gasteiger partial charge in [-0.15, -0.1) is 23.1 Å². The summed E-state index contributed by atoms with van der Waals surface area (Å²) in [7, 11) is 0. The lowest BCUT2D eigenvalue weighted by Crippen LogP contribution is -2.49. The van der Waals surface area contributed by atoms with Crippen molar-refractivity contribution in [2.45, 2.75) is 30.6 Å². The van der Waals surface area contributed by atoms with Gasteiger partial charge in [0.25, 0.3) is 0 Å². The van der Waals surface area contributed by atoms with Gasteiger partial charge in [-0.3, -0.25) is 4.79 Å². The van der Waals surface area contributed by atoms with Gasteiger partial charge in [0.1, 0.15) is 11.3 Å². The number of rotatable bonds is 4. The number of ether oxygens (including phenoxy) is 1. The van der Waals surface area contributed by atoms with E-state index in [1.807, 2.05) is 11.4 Å². The van der Waals surface area contributed by atoms with Crippen LogP contribution in [-0.2, 0) is 20.7 Å². The SMILES string of the molecule is O=C(NC(C(=O)O)C1CCCOC1)C1SCCc2sccc21. The number of carboxylic acids is 1. The molecule has 22 heavy (non-hydrogen) atoms. The maximum absolute atomic E-state index is 12.6. The largest absolute Gasteiger partial charge is 0.480 e. The number of carboxylic acid groups (broad SMARTS) is 1. The van der Waals surface area contributed by atoms with E-state index < -0.39 is 12.0 Å². The molecule has 1 aromatic rings. The predicted molar refractivity (Wildman–Crippen MR) is 86.3 cm³/mol. The van der Waals surface area contributed by atoms with Crippen LogP contribution in [0.15, 0.2) is 11.4 Å². The molecule has 0 radical (unpaired) electrons. The van der Waals surface area contributed by atoms with Crippen LogP contribution in [0.1, 0.15) is 28.5 Å². The van der Waals surface area contributed by atoms with Crippen molar-refractivity contribution in [3.8, 4) is 0 Å². The zero-order valence-corrected chi connectivity index (χ0v) is 13.8. The summed E-state index contributed by atoms with van der Waals surface area (Å²) in [6.45, 7) is 1.08. The van der Waals surface area contributed by atoms with E-state index in [2.05, 4.69) is 5.32 Å². The molecule has 120 valence electrons. The standard InChI is InChI=1S/C15H19NO4S2/c17-14(13-10-3-6-21-11(10)4-7-22-13)16-12(15(18)19)9-2-1-5-20-8-9/h3,6,9,12-13H,1-2,4-5,7-8H2,(H,16,17)(H,18,19). The average Bonchev–Trinajstić information content (AvgIpc) is 3.01. The molecular weight excluding hydrogens is 322 g/mol. The van der Waals surface area contributed by atoms with Gasteiger partial charge in [0.2, 0.25) is 5.91 Å². The molecule has 3 rings (SSSR count). The second-order valence-corrected chi connectivity index (χ2v) is 7.82. The van der Waals surface area contributed by atoms with Gasteiger partial charge in [-0.1, -0.05) is 0 Å². The van der Waals surface area contributed by atoms with Crippen LogP contribution < -0.4 is 5.32 Å². The smallest absolute Gasteiger partial charge is 0.326 e. The Morgan fingerprint density at radius 1 is 1.45 bits per heavy atom. The van der Waals surface area contributed by atoms with Crippen molar-refractivity contribution >= 4 is 35.0 Å². The molecule has 7 heteroatoms. The molecule has 0 spiro atoms. The van der Waals surface area contributed by atoms with Crippen LogP contribution in [0, 0.1) is 5.92 Å². The Morgan fingerprint density at radius 3 is 3.05 bits per heavy atom. The molecule has 2 N–H and O–H groups in total. The van der Waals surface area contributed by atoms with Gasteiger partial charge in [0.05, 0.1) is 6.61 Å². The lowest BCUT2D eigenvalue weighted by Gasteiger charge is -2.30. The molecule has 0 aromatic carbocycles. The van der Waals surface area contributed by atoms with E-state index in [1.54, 1.807) is 23.1 Å². The number of aryl methyl sites for hydroxylation is 1. The van der Waals surface area contributed by atoms with E-state index in [0.717, 1.165) is 30.6 Å². The molecule has 1 amide bonds. The number of fused-ring (bicyclic) bond motifs is 1. The van der Waals surface area contributed by atoms with Crippen LogP contribution in [0.25, 0.3) is 0 Å². The summed E-state index contributed by atoms with van der Waals surface area (Å²) >= 11 is 3.26. The highest BCUT2D eigenvalue weighted by atomic mass is 32.2. The number of thiophene rings is 1. The molecule has 3 unspecified atom stereocenters. The first-order valence-electron chi connectivity index (χ1n) is 7.45. The van der Waals surface area contributed by atoms with Gasteiger partial charge >= 0.3 is 5.97 Å². The average molecular weight is 341 g/mol. The minimum atomic E-state index is -0.977. The van der Waals surface area contributed by atoms with E-state index in [1.165, 1.54) is 4.88 Å². The summed E-state index contributed by atoms with van der Waals surface area (Å²) in [4.78, 5) is 25.4. The highest BCUT2D eigenvalue weighted by Gasteiger charge is 2.35. The van der Waals surface area contributed by atoms with Crippen molar-refractivity contribution < 1.29 is 19.4 Å². The van der Waals surface area contributed by atoms with Crippen LogP contribution in [0.2, 0.25) is 0 Å². The predicted octanol–water partition coefficient (Wildman–Crippen LogP) is 2.07. The fourth-order valence-corrected chi connectivity index (χ4v) is 5.30. The second-order valence-electron chi connectivity index (χ2n) is 5.60. The van der Waals surface area contributed by atoms with Crippen LogP contribution in [-0.4, -0.2) is 42.0 Å². The molecule has 5 nitrogen and oxygen atoms in total. The normalized spacial score (nSPS) is 26.0. The zero-order valence-electron chi connectivity index (χ0n) is 12.1. The summed E-state index contributed by atoms with van der Waals surface area (Å²) < 4.78 is 5.37. The van der Waals surface area contributed by atoms with Crippen molar-refractivity contribution in [2.75, 3.05) is 19.0 Å². The molecule has 1 saturated heterocycles. The summed E-state index contributed by atoms with van der Waals surface area (Å²) in [5.74, 6) is -0.418. The number of carbonyl (C=O) groups is 2. The first kappa shape index (κ1) is 15.8. The molecule has 0 saturated carbocycles. The van der Waals surface area contributed by atoms with Crippen molar-refractivity contribution in [1.82, 2.24) is 5.32 Å². The fraction of sp³-hybridized carbons (Fsp3) is 0.600. The third kappa shape index (κ3) is 3.31. The summed E-state index contributed by atoms with van der Waals surface area (Å²) in [6.07, 6.45) is 2.61. The lowest BCUT2D eigenvalue weighted by molar-refractivity contribution is -0.145. The minimum Gasteiger partial charge on any atom is -0.480 e. The van der Waals surface area contributed by atoms with Crippen molar-refractivity contribution in [2.24, 2.45) is 5.92 Å². The highest BCUT2D eigenvalue weighted by Crippen LogP contribution is 2.39. The monoisotopic (exact) mass is 341 g/mol. The van der Waals surface area contributed by atoms with Crippen LogP contribution in [0.3, 0.4) is 0 Å². The van der Waals surface area contributed by atoms with E-state index in [9.17, 15) is 14.7 Å². The van der Waals surface area contributed by atoms with Gasteiger partial charge < -0.3 is 15.2 Å². The molecule has 2 aliphatic heterocycles. The first-order valence-corrected chi connectivity index (χ1v) is 9.38. The summed E-state index contributed by atoms with van der Waals surface area (Å²) in [5.41, 5.74) is 1.04. The fourth-order valence-electron chi connectivity index (χ4n) is 3.00. The van der Waals surface area contributed by atoms with Crippen molar-refractivity contribution in [3.05, 3.63) is 21.9 Å². The Bertz CT molecular complexity index is 553. The Morgan fingerprint density at radius 2 is 2.32 bits per heavy atom. The number of thioether (sulfide) groups is 1. The number of amides is 1. The van der Waals surface area contributed by atoms with Crippen molar-refractivity contribution in [3.63, 3.8) is 0 Å². The van der Waals surface area contributed by atoms with Gasteiger partial charge in [0.15, 0.2) is 0 Å². The maximum Gasteiger partial charge on any atom is 0.326 e. The van der Waals surface area contributed by atoms with E-state index in [4.69, 9.17) is 4.74 Å². The third-order valence-corrected chi connectivity index (χ3v) is 6.38. The zero-order chi connectivity index (χ0) is 15.5. The quantitative estimate of drug-likeness (QED) is 0.877. The molecule has 3 atom stereocenters. The Labute approximate surface area is 137 Å². The Hall–Kier alpha value is -1.05. The minimum absolute atomic E-state index is 0.147. The topological polar surface area (TPSA) is 75.6 Å². The molecule has 3 heterocycles. The van der Waals surface area contributed by atoms with Crippen molar-refractivity contribution in [1.29, 1.82) is 0 Å². The molecular formula is C15H19NO4S2. The lowest BCUT2D eigenvalue weighted by atomic mass is 9.93. The van der Waals surface area contributed by atoms with E-state index in [-0.39, 0.29) is 17.1 Å². The number of carbonyl (C=O) groups excluding carboxylic acids is 1.